The molecule has 0 fully saturated rings. The minimum absolute atomic E-state index is 0.107. The Morgan fingerprint density at radius 3 is 2.31 bits per heavy atom. The zero-order chi connectivity index (χ0) is 20.9. The normalized spacial score (nSPS) is 11.1. The molecule has 29 heavy (non-hydrogen) atoms. The predicted octanol–water partition coefficient (Wildman–Crippen LogP) is 4.25. The van der Waals surface area contributed by atoms with Crippen molar-refractivity contribution in [3.8, 4) is 0 Å². The molecule has 0 radical (unpaired) electrons. The molecule has 3 aromatic carbocycles. The molecule has 3 rings (SSSR count). The number of benzene rings is 3. The number of sulfonamides is 1. The van der Waals surface area contributed by atoms with Crippen molar-refractivity contribution in [2.45, 2.75) is 11.3 Å². The number of hydrogen-bond acceptors (Lipinski definition) is 3. The van der Waals surface area contributed by atoms with Crippen LogP contribution in [0.2, 0.25) is 5.02 Å². The van der Waals surface area contributed by atoms with Gasteiger partial charge in [0.25, 0.3) is 15.9 Å². The van der Waals surface area contributed by atoms with E-state index in [1.54, 1.807) is 30.3 Å². The zero-order valence-corrected chi connectivity index (χ0v) is 16.8. The van der Waals surface area contributed by atoms with E-state index in [1.807, 2.05) is 0 Å². The molecule has 0 heterocycles. The van der Waals surface area contributed by atoms with Crippen LogP contribution in [0.4, 0.5) is 10.1 Å². The Morgan fingerprint density at radius 2 is 1.66 bits per heavy atom. The fourth-order valence-corrected chi connectivity index (χ4v) is 4.00. The summed E-state index contributed by atoms with van der Waals surface area (Å²) in [5.74, 6) is -0.651. The second kappa shape index (κ2) is 9.07. The summed E-state index contributed by atoms with van der Waals surface area (Å²) in [6.07, 6.45) is 0.550. The van der Waals surface area contributed by atoms with Crippen LogP contribution in [0.15, 0.2) is 77.7 Å². The van der Waals surface area contributed by atoms with Gasteiger partial charge in [0, 0.05) is 12.1 Å². The summed E-state index contributed by atoms with van der Waals surface area (Å²) in [7, 11) is -3.78. The molecule has 0 unspecified atom stereocenters. The molecule has 2 N–H and O–H groups in total. The van der Waals surface area contributed by atoms with Crippen LogP contribution in [0.3, 0.4) is 0 Å². The van der Waals surface area contributed by atoms with Crippen LogP contribution < -0.4 is 10.0 Å². The molecule has 0 bridgehead atoms. The maximum atomic E-state index is 12.9. The molecule has 0 saturated carbocycles. The molecule has 3 aromatic rings. The molecule has 0 spiro atoms. The lowest BCUT2D eigenvalue weighted by Crippen LogP contribution is -2.25. The third-order valence-corrected chi connectivity index (χ3v) is 5.84. The van der Waals surface area contributed by atoms with E-state index in [-0.39, 0.29) is 27.3 Å². The van der Waals surface area contributed by atoms with Crippen molar-refractivity contribution in [1.82, 2.24) is 5.32 Å². The van der Waals surface area contributed by atoms with Gasteiger partial charge in [0.1, 0.15) is 5.82 Å². The molecular weight excluding hydrogens is 415 g/mol. The van der Waals surface area contributed by atoms with Gasteiger partial charge in [0.2, 0.25) is 0 Å². The first-order chi connectivity index (χ1) is 13.8. The summed E-state index contributed by atoms with van der Waals surface area (Å²) >= 11 is 6.17. The molecular formula is C21H18ClFN2O3S. The number of anilines is 1. The smallest absolute Gasteiger partial charge is 0.261 e. The number of hydrogen-bond donors (Lipinski definition) is 2. The highest BCUT2D eigenvalue weighted by Crippen LogP contribution is 2.25. The molecule has 150 valence electrons. The lowest BCUT2D eigenvalue weighted by Gasteiger charge is -2.11. The molecule has 0 aromatic heterocycles. The SMILES string of the molecule is O=C(NCCc1ccc(F)cc1)c1ccc(NS(=O)(=O)c2ccccc2)c(Cl)c1. The van der Waals surface area contributed by atoms with Crippen molar-refractivity contribution in [2.75, 3.05) is 11.3 Å². The van der Waals surface area contributed by atoms with E-state index in [4.69, 9.17) is 11.6 Å². The molecule has 0 aliphatic heterocycles. The standard InChI is InChI=1S/C21H18ClFN2O3S/c22-19-14-16(21(26)24-13-12-15-6-9-17(23)10-7-15)8-11-20(19)25-29(27,28)18-4-2-1-3-5-18/h1-11,14,25H,12-13H2,(H,24,26). The fourth-order valence-electron chi connectivity index (χ4n) is 2.62. The molecule has 0 aliphatic carbocycles. The van der Waals surface area contributed by atoms with Crippen LogP contribution in [-0.2, 0) is 16.4 Å². The van der Waals surface area contributed by atoms with Crippen molar-refractivity contribution >= 4 is 33.2 Å². The lowest BCUT2D eigenvalue weighted by molar-refractivity contribution is 0.0954. The largest absolute Gasteiger partial charge is 0.352 e. The molecule has 0 saturated heterocycles. The lowest BCUT2D eigenvalue weighted by atomic mass is 10.1. The number of amides is 1. The van der Waals surface area contributed by atoms with E-state index in [2.05, 4.69) is 10.0 Å². The van der Waals surface area contributed by atoms with Crippen LogP contribution in [-0.4, -0.2) is 20.9 Å². The van der Waals surface area contributed by atoms with Crippen molar-refractivity contribution in [2.24, 2.45) is 0 Å². The van der Waals surface area contributed by atoms with Gasteiger partial charge in [0.05, 0.1) is 15.6 Å². The minimum atomic E-state index is -3.78. The van der Waals surface area contributed by atoms with Crippen molar-refractivity contribution in [1.29, 1.82) is 0 Å². The number of rotatable bonds is 7. The number of nitrogens with one attached hydrogen (secondary N) is 2. The summed E-state index contributed by atoms with van der Waals surface area (Å²) in [6.45, 7) is 0.366. The average Bonchev–Trinajstić information content (AvgIpc) is 2.71. The molecule has 8 heteroatoms. The summed E-state index contributed by atoms with van der Waals surface area (Å²) in [4.78, 5) is 12.4. The Morgan fingerprint density at radius 1 is 0.966 bits per heavy atom. The number of carbonyl (C=O) groups is 1. The highest BCUT2D eigenvalue weighted by molar-refractivity contribution is 7.92. The van der Waals surface area contributed by atoms with Crippen LogP contribution in [0.5, 0.6) is 0 Å². The van der Waals surface area contributed by atoms with Crippen molar-refractivity contribution in [3.63, 3.8) is 0 Å². The Bertz CT molecular complexity index is 1100. The highest BCUT2D eigenvalue weighted by atomic mass is 35.5. The first kappa shape index (κ1) is 20.8. The van der Waals surface area contributed by atoms with Gasteiger partial charge in [-0.15, -0.1) is 0 Å². The second-order valence-electron chi connectivity index (χ2n) is 6.25. The van der Waals surface area contributed by atoms with E-state index in [0.717, 1.165) is 5.56 Å². The summed E-state index contributed by atoms with van der Waals surface area (Å²) in [5.41, 5.74) is 1.38. The Labute approximate surface area is 173 Å². The summed E-state index contributed by atoms with van der Waals surface area (Å²) in [5, 5.41) is 2.86. The van der Waals surface area contributed by atoms with Crippen molar-refractivity contribution < 1.29 is 17.6 Å². The predicted molar refractivity (Wildman–Crippen MR) is 111 cm³/mol. The summed E-state index contributed by atoms with van der Waals surface area (Å²) < 4.78 is 40.1. The van der Waals surface area contributed by atoms with Gasteiger partial charge in [-0.05, 0) is 54.4 Å². The average molecular weight is 433 g/mol. The third-order valence-electron chi connectivity index (χ3n) is 4.14. The quantitative estimate of drug-likeness (QED) is 0.586. The Hall–Kier alpha value is -2.90. The van der Waals surface area contributed by atoms with E-state index in [0.29, 0.717) is 18.5 Å². The van der Waals surface area contributed by atoms with E-state index >= 15 is 0 Å². The van der Waals surface area contributed by atoms with E-state index < -0.39 is 10.0 Å². The van der Waals surface area contributed by atoms with Crippen LogP contribution in [0, 0.1) is 5.82 Å². The van der Waals surface area contributed by atoms with Gasteiger partial charge in [-0.25, -0.2) is 12.8 Å². The molecule has 5 nitrogen and oxygen atoms in total. The van der Waals surface area contributed by atoms with Gasteiger partial charge in [-0.1, -0.05) is 41.9 Å². The number of halogens is 2. The van der Waals surface area contributed by atoms with Crippen LogP contribution in [0.1, 0.15) is 15.9 Å². The van der Waals surface area contributed by atoms with Gasteiger partial charge < -0.3 is 5.32 Å². The van der Waals surface area contributed by atoms with Crippen LogP contribution in [0.25, 0.3) is 0 Å². The number of carbonyl (C=O) groups excluding carboxylic acids is 1. The Kier molecular flexibility index (Phi) is 6.51. The second-order valence-corrected chi connectivity index (χ2v) is 8.34. The fraction of sp³-hybridized carbons (Fsp3) is 0.0952. The third kappa shape index (κ3) is 5.56. The zero-order valence-electron chi connectivity index (χ0n) is 15.2. The monoisotopic (exact) mass is 432 g/mol. The van der Waals surface area contributed by atoms with Crippen LogP contribution >= 0.6 is 11.6 Å². The van der Waals surface area contributed by atoms with Gasteiger partial charge >= 0.3 is 0 Å². The summed E-state index contributed by atoms with van der Waals surface area (Å²) in [6, 6.07) is 18.3. The topological polar surface area (TPSA) is 75.3 Å². The maximum Gasteiger partial charge on any atom is 0.261 e. The van der Waals surface area contributed by atoms with Gasteiger partial charge in [-0.2, -0.15) is 0 Å². The minimum Gasteiger partial charge on any atom is -0.352 e. The molecule has 0 atom stereocenters. The van der Waals surface area contributed by atoms with Gasteiger partial charge in [-0.3, -0.25) is 9.52 Å². The first-order valence-corrected chi connectivity index (χ1v) is 10.6. The maximum absolute atomic E-state index is 12.9. The first-order valence-electron chi connectivity index (χ1n) is 8.75. The van der Waals surface area contributed by atoms with E-state index in [9.17, 15) is 17.6 Å². The van der Waals surface area contributed by atoms with Crippen molar-refractivity contribution in [3.05, 3.63) is 94.8 Å². The van der Waals surface area contributed by atoms with Gasteiger partial charge in [0.15, 0.2) is 0 Å². The molecule has 1 amide bonds. The molecule has 0 aliphatic rings. The highest BCUT2D eigenvalue weighted by Gasteiger charge is 2.16. The van der Waals surface area contributed by atoms with E-state index in [1.165, 1.54) is 42.5 Å². The Balaban J connectivity index is 1.62.